The van der Waals surface area contributed by atoms with Crippen LogP contribution >= 0.6 is 0 Å². The fourth-order valence-corrected chi connectivity index (χ4v) is 4.19. The highest BCUT2D eigenvalue weighted by molar-refractivity contribution is 6.28. The zero-order valence-electron chi connectivity index (χ0n) is 18.3. The van der Waals surface area contributed by atoms with Gasteiger partial charge in [-0.15, -0.1) is 0 Å². The number of hydrazone groups is 1. The van der Waals surface area contributed by atoms with Crippen LogP contribution < -0.4 is 5.01 Å². The lowest BCUT2D eigenvalue weighted by Gasteiger charge is -2.42. The molecule has 0 saturated heterocycles. The molecule has 3 aromatic rings. The second-order valence-corrected chi connectivity index (χ2v) is 7.65. The van der Waals surface area contributed by atoms with Crippen LogP contribution in [0.3, 0.4) is 0 Å². The number of rotatable bonds is 5. The molecule has 0 fully saturated rings. The molecule has 168 valence electrons. The first-order valence-electron chi connectivity index (χ1n) is 10.4. The first-order valence-corrected chi connectivity index (χ1v) is 10.4. The number of halogens is 1. The molecule has 7 heteroatoms. The van der Waals surface area contributed by atoms with Crippen molar-refractivity contribution in [3.05, 3.63) is 102 Å². The van der Waals surface area contributed by atoms with Crippen LogP contribution in [0.1, 0.15) is 23.6 Å². The second kappa shape index (κ2) is 9.24. The smallest absolute Gasteiger partial charge is 0.329 e. The van der Waals surface area contributed by atoms with E-state index in [9.17, 15) is 14.0 Å². The van der Waals surface area contributed by atoms with Gasteiger partial charge in [-0.2, -0.15) is 5.10 Å². The molecule has 0 radical (unpaired) electrons. The predicted octanol–water partition coefficient (Wildman–Crippen LogP) is 4.51. The molecule has 0 N–H and O–H groups in total. The lowest BCUT2D eigenvalue weighted by atomic mass is 9.72. The van der Waals surface area contributed by atoms with E-state index in [0.29, 0.717) is 5.56 Å². The number of nitrogens with zero attached hydrogens (tertiary/aromatic N) is 2. The number of esters is 2. The molecule has 0 unspecified atom stereocenters. The van der Waals surface area contributed by atoms with Crippen molar-refractivity contribution in [3.63, 3.8) is 0 Å². The van der Waals surface area contributed by atoms with Crippen LogP contribution in [0.4, 0.5) is 10.1 Å². The van der Waals surface area contributed by atoms with E-state index >= 15 is 0 Å². The van der Waals surface area contributed by atoms with Gasteiger partial charge in [-0.3, -0.25) is 14.6 Å². The molecular weight excluding hydrogens is 423 g/mol. The monoisotopic (exact) mass is 446 g/mol. The minimum Gasteiger partial charge on any atom is -0.468 e. The van der Waals surface area contributed by atoms with E-state index in [1.165, 1.54) is 38.5 Å². The first kappa shape index (κ1) is 22.2. The Morgan fingerprint density at radius 2 is 1.42 bits per heavy atom. The Hall–Kier alpha value is -4.00. The van der Waals surface area contributed by atoms with Crippen LogP contribution in [-0.2, 0) is 19.1 Å². The molecule has 4 rings (SSSR count). The number of benzene rings is 3. The molecular formula is C26H23FN2O4. The third-order valence-corrected chi connectivity index (χ3v) is 5.80. The summed E-state index contributed by atoms with van der Waals surface area (Å²) in [6.45, 7) is 0. The zero-order valence-corrected chi connectivity index (χ0v) is 18.3. The molecule has 0 spiro atoms. The van der Waals surface area contributed by atoms with Crippen LogP contribution in [0.5, 0.6) is 0 Å². The average molecular weight is 446 g/mol. The molecule has 0 saturated carbocycles. The van der Waals surface area contributed by atoms with Gasteiger partial charge in [-0.1, -0.05) is 60.7 Å². The average Bonchev–Trinajstić information content (AvgIpc) is 2.88. The normalized spacial score (nSPS) is 17.1. The Bertz CT molecular complexity index is 1150. The Morgan fingerprint density at radius 1 is 0.879 bits per heavy atom. The third kappa shape index (κ3) is 3.98. The molecule has 1 aliphatic heterocycles. The van der Waals surface area contributed by atoms with E-state index in [4.69, 9.17) is 14.6 Å². The minimum atomic E-state index is -1.84. The maximum atomic E-state index is 13.7. The number of anilines is 1. The number of carbonyl (C=O) groups is 2. The van der Waals surface area contributed by atoms with Crippen LogP contribution in [0.2, 0.25) is 0 Å². The first-order chi connectivity index (χ1) is 16.0. The standard InChI is InChI=1S/C26H23FN2O4/c1-32-24(30)26(25(31)33-2)17-22(18-9-5-3-6-10-18)29(21-11-7-4-8-12-21)28-23(26)19-13-15-20(27)16-14-19/h3-16,22H,17H2,1-2H3/t22-/m0/s1. The van der Waals surface area contributed by atoms with Crippen molar-refractivity contribution in [1.82, 2.24) is 0 Å². The van der Waals surface area contributed by atoms with Gasteiger partial charge in [0.1, 0.15) is 5.82 Å². The van der Waals surface area contributed by atoms with Crippen molar-refractivity contribution in [1.29, 1.82) is 0 Å². The Kier molecular flexibility index (Phi) is 6.22. The number of hydrogen-bond acceptors (Lipinski definition) is 6. The number of methoxy groups -OCH3 is 2. The lowest BCUT2D eigenvalue weighted by molar-refractivity contribution is -0.164. The lowest BCUT2D eigenvalue weighted by Crippen LogP contribution is -2.54. The topological polar surface area (TPSA) is 68.2 Å². The summed E-state index contributed by atoms with van der Waals surface area (Å²) >= 11 is 0. The van der Waals surface area contributed by atoms with E-state index in [2.05, 4.69) is 0 Å². The second-order valence-electron chi connectivity index (χ2n) is 7.65. The highest BCUT2D eigenvalue weighted by Gasteiger charge is 2.58. The molecule has 1 aliphatic rings. The van der Waals surface area contributed by atoms with Crippen LogP contribution in [0, 0.1) is 11.2 Å². The molecule has 0 amide bonds. The number of carbonyl (C=O) groups excluding carboxylic acids is 2. The van der Waals surface area contributed by atoms with Crippen molar-refractivity contribution in [3.8, 4) is 0 Å². The van der Waals surface area contributed by atoms with E-state index in [0.717, 1.165) is 11.3 Å². The molecule has 0 aliphatic carbocycles. The summed E-state index contributed by atoms with van der Waals surface area (Å²) in [5, 5.41) is 6.60. The SMILES string of the molecule is COC(=O)C1(C(=O)OC)C[C@@H](c2ccccc2)N(c2ccccc2)N=C1c1ccc(F)cc1. The molecule has 1 heterocycles. The third-order valence-electron chi connectivity index (χ3n) is 5.80. The van der Waals surface area contributed by atoms with Gasteiger partial charge < -0.3 is 9.47 Å². The van der Waals surface area contributed by atoms with Gasteiger partial charge in [0.05, 0.1) is 31.7 Å². The van der Waals surface area contributed by atoms with Gasteiger partial charge in [0.15, 0.2) is 0 Å². The van der Waals surface area contributed by atoms with Gasteiger partial charge in [0, 0.05) is 6.42 Å². The van der Waals surface area contributed by atoms with Crippen molar-refractivity contribution in [2.24, 2.45) is 10.5 Å². The van der Waals surface area contributed by atoms with Crippen LogP contribution in [0.25, 0.3) is 0 Å². The molecule has 0 bridgehead atoms. The molecule has 0 aromatic heterocycles. The highest BCUT2D eigenvalue weighted by Crippen LogP contribution is 2.45. The molecule has 3 aromatic carbocycles. The summed E-state index contributed by atoms with van der Waals surface area (Å²) < 4.78 is 23.9. The Morgan fingerprint density at radius 3 is 1.97 bits per heavy atom. The fourth-order valence-electron chi connectivity index (χ4n) is 4.19. The largest absolute Gasteiger partial charge is 0.468 e. The maximum Gasteiger partial charge on any atom is 0.329 e. The summed E-state index contributed by atoms with van der Waals surface area (Å²) in [5.74, 6) is -2.02. The highest BCUT2D eigenvalue weighted by atomic mass is 19.1. The van der Waals surface area contributed by atoms with E-state index in [1.807, 2.05) is 60.7 Å². The van der Waals surface area contributed by atoms with E-state index in [-0.39, 0.29) is 12.1 Å². The van der Waals surface area contributed by atoms with Gasteiger partial charge in [0.25, 0.3) is 0 Å². The molecule has 6 nitrogen and oxygen atoms in total. The van der Waals surface area contributed by atoms with Gasteiger partial charge in [-0.05, 0) is 35.4 Å². The van der Waals surface area contributed by atoms with Crippen molar-refractivity contribution in [2.75, 3.05) is 19.2 Å². The van der Waals surface area contributed by atoms with Crippen LogP contribution in [-0.4, -0.2) is 31.9 Å². The Balaban J connectivity index is 2.01. The summed E-state index contributed by atoms with van der Waals surface area (Å²) in [7, 11) is 2.44. The quantitative estimate of drug-likeness (QED) is 0.426. The van der Waals surface area contributed by atoms with Crippen molar-refractivity contribution in [2.45, 2.75) is 12.5 Å². The Labute approximate surface area is 191 Å². The van der Waals surface area contributed by atoms with Crippen LogP contribution in [0.15, 0.2) is 90.0 Å². The summed E-state index contributed by atoms with van der Waals surface area (Å²) in [4.78, 5) is 26.5. The number of para-hydroxylation sites is 1. The van der Waals surface area contributed by atoms with E-state index < -0.39 is 29.2 Å². The van der Waals surface area contributed by atoms with Crippen molar-refractivity contribution >= 4 is 23.3 Å². The number of hydrogen-bond donors (Lipinski definition) is 0. The zero-order chi connectivity index (χ0) is 23.4. The number of ether oxygens (including phenoxy) is 2. The maximum absolute atomic E-state index is 13.7. The van der Waals surface area contributed by atoms with Gasteiger partial charge in [0.2, 0.25) is 5.41 Å². The predicted molar refractivity (Wildman–Crippen MR) is 122 cm³/mol. The summed E-state index contributed by atoms with van der Waals surface area (Å²) in [5.41, 5.74) is 0.347. The molecule has 1 atom stereocenters. The minimum absolute atomic E-state index is 0.0153. The van der Waals surface area contributed by atoms with E-state index in [1.54, 1.807) is 5.01 Å². The molecule has 33 heavy (non-hydrogen) atoms. The summed E-state index contributed by atoms with van der Waals surface area (Å²) in [6, 6.07) is 23.9. The fraction of sp³-hybridized carbons (Fsp3) is 0.192. The summed E-state index contributed by atoms with van der Waals surface area (Å²) in [6.07, 6.45) is 0.0153. The van der Waals surface area contributed by atoms with Gasteiger partial charge in [-0.25, -0.2) is 4.39 Å². The van der Waals surface area contributed by atoms with Crippen molar-refractivity contribution < 1.29 is 23.5 Å². The van der Waals surface area contributed by atoms with Gasteiger partial charge >= 0.3 is 11.9 Å².